The zero-order chi connectivity index (χ0) is 18.6. The number of carbonyl (C=O) groups excluding carboxylic acids is 1. The molecule has 0 N–H and O–H groups in total. The van der Waals surface area contributed by atoms with Crippen LogP contribution in [0.3, 0.4) is 0 Å². The highest BCUT2D eigenvalue weighted by molar-refractivity contribution is 5.79. The average molecular weight is 366 g/mol. The third-order valence-corrected chi connectivity index (χ3v) is 6.33. The van der Waals surface area contributed by atoms with E-state index in [1.165, 1.54) is 30.5 Å². The third-order valence-electron chi connectivity index (χ3n) is 6.33. The normalized spacial score (nSPS) is 20.9. The number of aromatic nitrogens is 2. The van der Waals surface area contributed by atoms with Crippen LogP contribution < -0.4 is 0 Å². The molecule has 1 saturated heterocycles. The van der Waals surface area contributed by atoms with Crippen LogP contribution in [0, 0.1) is 18.8 Å². The van der Waals surface area contributed by atoms with Gasteiger partial charge in [-0.3, -0.25) is 4.79 Å². The maximum absolute atomic E-state index is 12.8. The summed E-state index contributed by atoms with van der Waals surface area (Å²) in [5, 5.41) is 0. The van der Waals surface area contributed by atoms with Crippen LogP contribution in [0.4, 0.5) is 0 Å². The van der Waals surface area contributed by atoms with Crippen molar-refractivity contribution in [3.8, 4) is 0 Å². The molecule has 2 aromatic rings. The maximum Gasteiger partial charge on any atom is 0.225 e. The van der Waals surface area contributed by atoms with E-state index in [1.54, 1.807) is 0 Å². The molecule has 1 aliphatic heterocycles. The van der Waals surface area contributed by atoms with Gasteiger partial charge in [0.1, 0.15) is 5.82 Å². The number of imidazole rings is 1. The van der Waals surface area contributed by atoms with E-state index in [1.807, 2.05) is 6.20 Å². The van der Waals surface area contributed by atoms with E-state index < -0.39 is 0 Å². The van der Waals surface area contributed by atoms with Crippen molar-refractivity contribution in [2.24, 2.45) is 11.8 Å². The highest BCUT2D eigenvalue weighted by Gasteiger charge is 2.31. The molecule has 2 heterocycles. The number of aryl methyl sites for hydroxylation is 1. The molecule has 27 heavy (non-hydrogen) atoms. The molecule has 2 aliphatic rings. The van der Waals surface area contributed by atoms with Gasteiger partial charge in [0.05, 0.1) is 0 Å². The molecule has 1 unspecified atom stereocenters. The van der Waals surface area contributed by atoms with Crippen molar-refractivity contribution in [3.05, 3.63) is 53.6 Å². The lowest BCUT2D eigenvalue weighted by Gasteiger charge is -2.34. The fourth-order valence-electron chi connectivity index (χ4n) is 4.78. The molecule has 0 bridgehead atoms. The standard InChI is InChI=1S/C23H31N3O/c1-18-15-24-22(26(18)17-19-8-3-2-4-9-19)14-20-10-7-13-25(16-20)23(27)21-11-5-6-12-21/h2-4,8-9,15,20-21H,5-7,10-14,16-17H2,1H3. The molecule has 4 rings (SSSR count). The minimum atomic E-state index is 0.297. The van der Waals surface area contributed by atoms with E-state index in [2.05, 4.69) is 46.7 Å². The summed E-state index contributed by atoms with van der Waals surface area (Å²) in [4.78, 5) is 19.7. The van der Waals surface area contributed by atoms with E-state index in [0.717, 1.165) is 51.1 Å². The van der Waals surface area contributed by atoms with Crippen molar-refractivity contribution in [3.63, 3.8) is 0 Å². The van der Waals surface area contributed by atoms with Crippen LogP contribution in [0.25, 0.3) is 0 Å². The number of rotatable bonds is 5. The minimum absolute atomic E-state index is 0.297. The Labute approximate surface area is 162 Å². The highest BCUT2D eigenvalue weighted by atomic mass is 16.2. The highest BCUT2D eigenvalue weighted by Crippen LogP contribution is 2.29. The largest absolute Gasteiger partial charge is 0.342 e. The van der Waals surface area contributed by atoms with Gasteiger partial charge in [-0.15, -0.1) is 0 Å². The van der Waals surface area contributed by atoms with Gasteiger partial charge in [0.15, 0.2) is 0 Å². The number of piperidine rings is 1. The number of likely N-dealkylation sites (tertiary alicyclic amines) is 1. The maximum atomic E-state index is 12.8. The number of hydrogen-bond acceptors (Lipinski definition) is 2. The summed E-state index contributed by atoms with van der Waals surface area (Å²) >= 11 is 0. The topological polar surface area (TPSA) is 38.1 Å². The van der Waals surface area contributed by atoms with E-state index >= 15 is 0 Å². The Morgan fingerprint density at radius 3 is 2.67 bits per heavy atom. The van der Waals surface area contributed by atoms with E-state index in [-0.39, 0.29) is 0 Å². The molecule has 1 aromatic carbocycles. The Morgan fingerprint density at radius 2 is 1.89 bits per heavy atom. The third kappa shape index (κ3) is 4.26. The second-order valence-electron chi connectivity index (χ2n) is 8.37. The number of nitrogens with zero attached hydrogens (tertiary/aromatic N) is 3. The predicted molar refractivity (Wildman–Crippen MR) is 107 cm³/mol. The first-order chi connectivity index (χ1) is 13.2. The summed E-state index contributed by atoms with van der Waals surface area (Å²) < 4.78 is 2.34. The van der Waals surface area contributed by atoms with Gasteiger partial charge in [0.2, 0.25) is 5.91 Å². The van der Waals surface area contributed by atoms with Crippen molar-refractivity contribution >= 4 is 5.91 Å². The van der Waals surface area contributed by atoms with Gasteiger partial charge in [-0.05, 0) is 44.1 Å². The van der Waals surface area contributed by atoms with Crippen molar-refractivity contribution in [1.29, 1.82) is 0 Å². The molecule has 1 aliphatic carbocycles. The second kappa shape index (κ2) is 8.28. The zero-order valence-corrected chi connectivity index (χ0v) is 16.4. The molecule has 2 fully saturated rings. The lowest BCUT2D eigenvalue weighted by Crippen LogP contribution is -2.43. The monoisotopic (exact) mass is 365 g/mol. The lowest BCUT2D eigenvalue weighted by molar-refractivity contribution is -0.137. The quantitative estimate of drug-likeness (QED) is 0.796. The summed E-state index contributed by atoms with van der Waals surface area (Å²) in [6.07, 6.45) is 9.93. The number of carbonyl (C=O) groups is 1. The molecular weight excluding hydrogens is 334 g/mol. The molecule has 0 spiro atoms. The fourth-order valence-corrected chi connectivity index (χ4v) is 4.78. The van der Waals surface area contributed by atoms with E-state index in [4.69, 9.17) is 4.98 Å². The van der Waals surface area contributed by atoms with Crippen LogP contribution in [0.5, 0.6) is 0 Å². The minimum Gasteiger partial charge on any atom is -0.342 e. The predicted octanol–water partition coefficient (Wildman–Crippen LogP) is 4.21. The number of benzene rings is 1. The fraction of sp³-hybridized carbons (Fsp3) is 0.565. The molecule has 4 nitrogen and oxygen atoms in total. The van der Waals surface area contributed by atoms with Gasteiger partial charge < -0.3 is 9.47 Å². The summed E-state index contributed by atoms with van der Waals surface area (Å²) in [7, 11) is 0. The van der Waals surface area contributed by atoms with Gasteiger partial charge in [-0.1, -0.05) is 43.2 Å². The molecular formula is C23H31N3O. The molecule has 144 valence electrons. The van der Waals surface area contributed by atoms with Crippen LogP contribution in [-0.4, -0.2) is 33.4 Å². The SMILES string of the molecule is Cc1cnc(CC2CCCN(C(=O)C3CCCC3)C2)n1Cc1ccccc1. The Balaban J connectivity index is 1.42. The number of amides is 1. The van der Waals surface area contributed by atoms with Crippen molar-refractivity contribution in [1.82, 2.24) is 14.5 Å². The van der Waals surface area contributed by atoms with E-state index in [9.17, 15) is 4.79 Å². The molecule has 1 atom stereocenters. The van der Waals surface area contributed by atoms with E-state index in [0.29, 0.717) is 17.7 Å². The van der Waals surface area contributed by atoms with Crippen molar-refractivity contribution < 1.29 is 4.79 Å². The molecule has 1 amide bonds. The Hall–Kier alpha value is -2.10. The first-order valence-corrected chi connectivity index (χ1v) is 10.5. The van der Waals surface area contributed by atoms with Crippen LogP contribution in [0.1, 0.15) is 55.6 Å². The van der Waals surface area contributed by atoms with Crippen LogP contribution in [0.15, 0.2) is 36.5 Å². The van der Waals surface area contributed by atoms with Gasteiger partial charge in [0, 0.05) is 43.9 Å². The Kier molecular flexibility index (Phi) is 5.61. The summed E-state index contributed by atoms with van der Waals surface area (Å²) in [5.41, 5.74) is 2.52. The first kappa shape index (κ1) is 18.3. The van der Waals surface area contributed by atoms with Gasteiger partial charge in [0.25, 0.3) is 0 Å². The zero-order valence-electron chi connectivity index (χ0n) is 16.4. The first-order valence-electron chi connectivity index (χ1n) is 10.5. The number of hydrogen-bond donors (Lipinski definition) is 0. The van der Waals surface area contributed by atoms with Gasteiger partial charge >= 0.3 is 0 Å². The smallest absolute Gasteiger partial charge is 0.225 e. The summed E-state index contributed by atoms with van der Waals surface area (Å²) in [6, 6.07) is 10.6. The summed E-state index contributed by atoms with van der Waals surface area (Å²) in [6.45, 7) is 4.87. The Bertz CT molecular complexity index is 761. The lowest BCUT2D eigenvalue weighted by atomic mass is 9.93. The van der Waals surface area contributed by atoms with Crippen LogP contribution >= 0.6 is 0 Å². The van der Waals surface area contributed by atoms with Crippen LogP contribution in [0.2, 0.25) is 0 Å². The van der Waals surface area contributed by atoms with Gasteiger partial charge in [-0.2, -0.15) is 0 Å². The molecule has 1 aromatic heterocycles. The molecule has 4 heteroatoms. The van der Waals surface area contributed by atoms with Crippen LogP contribution in [-0.2, 0) is 17.8 Å². The Morgan fingerprint density at radius 1 is 1.11 bits per heavy atom. The average Bonchev–Trinajstić information content (AvgIpc) is 3.35. The summed E-state index contributed by atoms with van der Waals surface area (Å²) in [5.74, 6) is 2.41. The second-order valence-corrected chi connectivity index (χ2v) is 8.37. The van der Waals surface area contributed by atoms with Crippen molar-refractivity contribution in [2.45, 2.75) is 58.4 Å². The molecule has 0 radical (unpaired) electrons. The van der Waals surface area contributed by atoms with Gasteiger partial charge in [-0.25, -0.2) is 4.98 Å². The van der Waals surface area contributed by atoms with Crippen molar-refractivity contribution in [2.75, 3.05) is 13.1 Å². The molecule has 1 saturated carbocycles.